The van der Waals surface area contributed by atoms with Crippen molar-refractivity contribution in [2.45, 2.75) is 64.0 Å². The number of hydrogen-bond acceptors (Lipinski definition) is 2. The number of imidazole rings is 1. The third kappa shape index (κ3) is 2.13. The van der Waals surface area contributed by atoms with Crippen molar-refractivity contribution < 1.29 is 0 Å². The summed E-state index contributed by atoms with van der Waals surface area (Å²) >= 11 is 0. The Morgan fingerprint density at radius 2 is 1.88 bits per heavy atom. The predicted octanol–water partition coefficient (Wildman–Crippen LogP) is 2.97. The molecule has 0 unspecified atom stereocenters. The number of aromatic nitrogens is 2. The molecule has 0 aromatic carbocycles. The van der Waals surface area contributed by atoms with Gasteiger partial charge in [-0.1, -0.05) is 13.8 Å². The van der Waals surface area contributed by atoms with Gasteiger partial charge in [-0.2, -0.15) is 0 Å². The van der Waals surface area contributed by atoms with Crippen molar-refractivity contribution in [2.75, 3.05) is 0 Å². The van der Waals surface area contributed by atoms with Gasteiger partial charge in [0.15, 0.2) is 0 Å². The Balaban J connectivity index is 1.71. The Labute approximate surface area is 103 Å². The molecule has 0 aliphatic heterocycles. The van der Waals surface area contributed by atoms with Crippen molar-refractivity contribution in [3.8, 4) is 0 Å². The molecular formula is C14H23N3. The quantitative estimate of drug-likeness (QED) is 0.853. The predicted molar refractivity (Wildman–Crippen MR) is 68.6 cm³/mol. The Morgan fingerprint density at radius 3 is 2.47 bits per heavy atom. The zero-order valence-electron chi connectivity index (χ0n) is 10.9. The van der Waals surface area contributed by atoms with E-state index >= 15 is 0 Å². The summed E-state index contributed by atoms with van der Waals surface area (Å²) in [5, 5.41) is 0. The number of rotatable bonds is 2. The molecule has 17 heavy (non-hydrogen) atoms. The van der Waals surface area contributed by atoms with Crippen LogP contribution in [0.2, 0.25) is 0 Å². The SMILES string of the molecule is CC1(C)CCC(n2cnc(C3(N)CC3)c2)CC1. The van der Waals surface area contributed by atoms with Gasteiger partial charge in [-0.25, -0.2) is 4.98 Å². The third-order valence-corrected chi connectivity index (χ3v) is 4.63. The molecule has 0 saturated heterocycles. The molecule has 2 fully saturated rings. The molecule has 3 rings (SSSR count). The van der Waals surface area contributed by atoms with E-state index in [0.29, 0.717) is 11.5 Å². The van der Waals surface area contributed by atoms with Crippen molar-refractivity contribution in [1.82, 2.24) is 9.55 Å². The van der Waals surface area contributed by atoms with E-state index in [1.165, 1.54) is 25.7 Å². The Morgan fingerprint density at radius 1 is 1.24 bits per heavy atom. The van der Waals surface area contributed by atoms with E-state index in [1.807, 2.05) is 6.33 Å². The highest BCUT2D eigenvalue weighted by Crippen LogP contribution is 2.43. The van der Waals surface area contributed by atoms with Crippen LogP contribution in [0.5, 0.6) is 0 Å². The lowest BCUT2D eigenvalue weighted by Crippen LogP contribution is -2.23. The molecule has 0 atom stereocenters. The summed E-state index contributed by atoms with van der Waals surface area (Å²) in [4.78, 5) is 4.50. The molecule has 2 aliphatic carbocycles. The van der Waals surface area contributed by atoms with Crippen molar-refractivity contribution in [3.05, 3.63) is 18.2 Å². The van der Waals surface area contributed by atoms with E-state index < -0.39 is 0 Å². The van der Waals surface area contributed by atoms with Crippen LogP contribution in [0.25, 0.3) is 0 Å². The van der Waals surface area contributed by atoms with Gasteiger partial charge in [-0.3, -0.25) is 0 Å². The van der Waals surface area contributed by atoms with E-state index in [4.69, 9.17) is 5.73 Å². The number of nitrogens with zero attached hydrogens (tertiary/aromatic N) is 2. The van der Waals surface area contributed by atoms with E-state index in [2.05, 4.69) is 29.6 Å². The van der Waals surface area contributed by atoms with Crippen LogP contribution in [0.3, 0.4) is 0 Å². The van der Waals surface area contributed by atoms with Crippen LogP contribution < -0.4 is 5.73 Å². The van der Waals surface area contributed by atoms with Gasteiger partial charge in [0.25, 0.3) is 0 Å². The minimum absolute atomic E-state index is 0.0841. The van der Waals surface area contributed by atoms with Gasteiger partial charge in [0, 0.05) is 12.2 Å². The summed E-state index contributed by atoms with van der Waals surface area (Å²) in [6.07, 6.45) is 11.6. The van der Waals surface area contributed by atoms with Gasteiger partial charge in [0.2, 0.25) is 0 Å². The number of nitrogens with two attached hydrogens (primary N) is 1. The zero-order chi connectivity index (χ0) is 12.1. The molecule has 1 heterocycles. The molecule has 94 valence electrons. The summed E-state index contributed by atoms with van der Waals surface area (Å²) in [7, 11) is 0. The topological polar surface area (TPSA) is 43.8 Å². The molecule has 0 bridgehead atoms. The summed E-state index contributed by atoms with van der Waals surface area (Å²) in [6, 6.07) is 0.645. The molecular weight excluding hydrogens is 210 g/mol. The Kier molecular flexibility index (Phi) is 2.37. The molecule has 0 amide bonds. The Hall–Kier alpha value is -0.830. The lowest BCUT2D eigenvalue weighted by Gasteiger charge is -2.34. The smallest absolute Gasteiger partial charge is 0.0952 e. The van der Waals surface area contributed by atoms with Crippen LogP contribution in [-0.4, -0.2) is 9.55 Å². The average Bonchev–Trinajstić information content (AvgIpc) is 2.84. The maximum absolute atomic E-state index is 6.18. The first kappa shape index (κ1) is 11.3. The van der Waals surface area contributed by atoms with Gasteiger partial charge in [0.1, 0.15) is 0 Å². The summed E-state index contributed by atoms with van der Waals surface area (Å²) in [5.74, 6) is 0. The van der Waals surface area contributed by atoms with Crippen molar-refractivity contribution in [1.29, 1.82) is 0 Å². The van der Waals surface area contributed by atoms with Crippen LogP contribution >= 0.6 is 0 Å². The van der Waals surface area contributed by atoms with Crippen LogP contribution in [-0.2, 0) is 5.54 Å². The lowest BCUT2D eigenvalue weighted by molar-refractivity contribution is 0.193. The van der Waals surface area contributed by atoms with E-state index in [9.17, 15) is 0 Å². The van der Waals surface area contributed by atoms with Gasteiger partial charge in [-0.05, 0) is 43.9 Å². The molecule has 2 saturated carbocycles. The first-order valence-corrected chi connectivity index (χ1v) is 6.81. The fourth-order valence-corrected chi connectivity index (χ4v) is 2.87. The molecule has 3 nitrogen and oxygen atoms in total. The molecule has 1 aromatic rings. The summed E-state index contributed by atoms with van der Waals surface area (Å²) < 4.78 is 2.30. The van der Waals surface area contributed by atoms with Crippen LogP contribution in [0.15, 0.2) is 12.5 Å². The third-order valence-electron chi connectivity index (χ3n) is 4.63. The summed E-state index contributed by atoms with van der Waals surface area (Å²) in [5.41, 5.74) is 7.73. The first-order chi connectivity index (χ1) is 7.99. The van der Waals surface area contributed by atoms with Crippen LogP contribution in [0.4, 0.5) is 0 Å². The highest BCUT2D eigenvalue weighted by atomic mass is 15.1. The second kappa shape index (κ2) is 3.58. The van der Waals surface area contributed by atoms with Crippen molar-refractivity contribution in [3.63, 3.8) is 0 Å². The lowest BCUT2D eigenvalue weighted by atomic mass is 9.75. The average molecular weight is 233 g/mol. The largest absolute Gasteiger partial charge is 0.334 e. The molecule has 3 heteroatoms. The molecule has 0 spiro atoms. The van der Waals surface area contributed by atoms with Gasteiger partial charge in [-0.15, -0.1) is 0 Å². The molecule has 0 radical (unpaired) electrons. The molecule has 2 N–H and O–H groups in total. The Bertz CT molecular complexity index is 405. The standard InChI is InChI=1S/C14H23N3/c1-13(2)5-3-11(4-6-13)17-9-12(16-10-17)14(15)7-8-14/h9-11H,3-8,15H2,1-2H3. The van der Waals surface area contributed by atoms with E-state index in [-0.39, 0.29) is 5.54 Å². The maximum atomic E-state index is 6.18. The highest BCUT2D eigenvalue weighted by molar-refractivity contribution is 5.19. The minimum Gasteiger partial charge on any atom is -0.334 e. The monoisotopic (exact) mass is 233 g/mol. The fraction of sp³-hybridized carbons (Fsp3) is 0.786. The van der Waals surface area contributed by atoms with E-state index in [1.54, 1.807) is 0 Å². The molecule has 1 aromatic heterocycles. The normalized spacial score (nSPS) is 27.0. The first-order valence-electron chi connectivity index (χ1n) is 6.81. The van der Waals surface area contributed by atoms with E-state index in [0.717, 1.165) is 18.5 Å². The van der Waals surface area contributed by atoms with Crippen molar-refractivity contribution >= 4 is 0 Å². The second-order valence-electron chi connectivity index (χ2n) is 6.76. The second-order valence-corrected chi connectivity index (χ2v) is 6.76. The maximum Gasteiger partial charge on any atom is 0.0952 e. The minimum atomic E-state index is -0.0841. The van der Waals surface area contributed by atoms with Gasteiger partial charge >= 0.3 is 0 Å². The summed E-state index contributed by atoms with van der Waals surface area (Å²) in [6.45, 7) is 4.75. The number of hydrogen-bond donors (Lipinski definition) is 1. The van der Waals surface area contributed by atoms with Crippen LogP contribution in [0.1, 0.15) is 64.1 Å². The van der Waals surface area contributed by atoms with Gasteiger partial charge < -0.3 is 10.3 Å². The zero-order valence-corrected chi connectivity index (χ0v) is 10.9. The van der Waals surface area contributed by atoms with Gasteiger partial charge in [0.05, 0.1) is 17.6 Å². The van der Waals surface area contributed by atoms with Crippen molar-refractivity contribution in [2.24, 2.45) is 11.1 Å². The highest BCUT2D eigenvalue weighted by Gasteiger charge is 2.42. The fourth-order valence-electron chi connectivity index (χ4n) is 2.87. The molecule has 2 aliphatic rings. The van der Waals surface area contributed by atoms with Crippen LogP contribution in [0, 0.1) is 5.41 Å².